The highest BCUT2D eigenvalue weighted by Crippen LogP contribution is 2.30. The highest BCUT2D eigenvalue weighted by molar-refractivity contribution is 7.92. The van der Waals surface area contributed by atoms with Gasteiger partial charge < -0.3 is 14.2 Å². The maximum atomic E-state index is 13.0. The number of ether oxygens (including phenoxy) is 3. The van der Waals surface area contributed by atoms with E-state index in [9.17, 15) is 22.4 Å². The molecule has 0 radical (unpaired) electrons. The van der Waals surface area contributed by atoms with E-state index in [1.54, 1.807) is 6.07 Å². The normalized spacial score (nSPS) is 12.6. The zero-order valence-electron chi connectivity index (χ0n) is 17.1. The van der Waals surface area contributed by atoms with Gasteiger partial charge in [-0.1, -0.05) is 6.07 Å². The van der Waals surface area contributed by atoms with Crippen LogP contribution in [0.4, 0.5) is 10.1 Å². The van der Waals surface area contributed by atoms with Crippen molar-refractivity contribution in [1.29, 1.82) is 0 Å². The molecule has 0 atom stereocenters. The summed E-state index contributed by atoms with van der Waals surface area (Å²) < 4.78 is 56.4. The lowest BCUT2D eigenvalue weighted by atomic mass is 10.1. The summed E-state index contributed by atoms with van der Waals surface area (Å²) in [5.41, 5.74) is 0.397. The monoisotopic (exact) mass is 471 g/mol. The topological polar surface area (TPSA) is 108 Å². The summed E-state index contributed by atoms with van der Waals surface area (Å²) in [5, 5.41) is 0. The molecular weight excluding hydrogens is 453 g/mol. The molecule has 170 valence electrons. The van der Waals surface area contributed by atoms with Crippen LogP contribution in [-0.2, 0) is 14.8 Å². The van der Waals surface area contributed by atoms with Gasteiger partial charge in [-0.3, -0.25) is 9.52 Å². The van der Waals surface area contributed by atoms with Crippen LogP contribution in [-0.4, -0.2) is 40.0 Å². The molecule has 1 aliphatic rings. The van der Waals surface area contributed by atoms with Crippen molar-refractivity contribution in [3.05, 3.63) is 83.7 Å². The van der Waals surface area contributed by atoms with Crippen LogP contribution in [0.15, 0.2) is 71.6 Å². The Morgan fingerprint density at radius 2 is 1.64 bits per heavy atom. The van der Waals surface area contributed by atoms with E-state index in [1.165, 1.54) is 42.5 Å². The van der Waals surface area contributed by atoms with Gasteiger partial charge in [0.2, 0.25) is 0 Å². The fraction of sp³-hybridized carbons (Fsp3) is 0.130. The van der Waals surface area contributed by atoms with E-state index in [0.29, 0.717) is 24.7 Å². The number of benzene rings is 3. The number of Topliss-reactive ketones (excluding diaryl/α,β-unsaturated/α-hetero) is 1. The number of nitrogens with one attached hydrogen (secondary N) is 1. The van der Waals surface area contributed by atoms with Gasteiger partial charge in [-0.2, -0.15) is 0 Å². The number of ketones is 1. The Morgan fingerprint density at radius 3 is 2.39 bits per heavy atom. The highest BCUT2D eigenvalue weighted by Gasteiger charge is 2.19. The fourth-order valence-electron chi connectivity index (χ4n) is 3.04. The van der Waals surface area contributed by atoms with Crippen LogP contribution in [0.3, 0.4) is 0 Å². The standard InChI is InChI=1S/C23H18FNO7S/c24-17-5-7-18(8-6-17)25-33(28,29)19-3-1-2-16(12-19)23(27)32-14-20(26)15-4-9-21-22(13-15)31-11-10-30-21/h1-9,12-13,25H,10-11,14H2. The minimum absolute atomic E-state index is 0.0491. The van der Waals surface area contributed by atoms with E-state index in [1.807, 2.05) is 0 Å². The molecule has 0 saturated heterocycles. The molecule has 3 aromatic rings. The SMILES string of the molecule is O=C(COC(=O)c1cccc(S(=O)(=O)Nc2ccc(F)cc2)c1)c1ccc2c(c1)OCCO2. The molecule has 0 spiro atoms. The minimum Gasteiger partial charge on any atom is -0.486 e. The van der Waals surface area contributed by atoms with E-state index >= 15 is 0 Å². The predicted molar refractivity (Wildman–Crippen MR) is 116 cm³/mol. The van der Waals surface area contributed by atoms with Crippen molar-refractivity contribution in [2.45, 2.75) is 4.90 Å². The largest absolute Gasteiger partial charge is 0.486 e. The van der Waals surface area contributed by atoms with Gasteiger partial charge in [0.05, 0.1) is 10.5 Å². The number of hydrogen-bond donors (Lipinski definition) is 1. The average Bonchev–Trinajstić information content (AvgIpc) is 2.83. The predicted octanol–water partition coefficient (Wildman–Crippen LogP) is 3.44. The lowest BCUT2D eigenvalue weighted by Gasteiger charge is -2.18. The Bertz CT molecular complexity index is 1310. The molecule has 0 bridgehead atoms. The molecule has 8 nitrogen and oxygen atoms in total. The van der Waals surface area contributed by atoms with Gasteiger partial charge in [0.1, 0.15) is 19.0 Å². The summed E-state index contributed by atoms with van der Waals surface area (Å²) in [5.74, 6) is -0.859. The Morgan fingerprint density at radius 1 is 0.909 bits per heavy atom. The summed E-state index contributed by atoms with van der Waals surface area (Å²) in [6, 6.07) is 14.6. The molecule has 0 unspecified atom stereocenters. The van der Waals surface area contributed by atoms with Crippen LogP contribution in [0.2, 0.25) is 0 Å². The number of halogens is 1. The first-order chi connectivity index (χ1) is 15.8. The van der Waals surface area contributed by atoms with Crippen LogP contribution in [0.5, 0.6) is 11.5 Å². The minimum atomic E-state index is -4.04. The number of carbonyl (C=O) groups is 2. The van der Waals surface area contributed by atoms with Gasteiger partial charge >= 0.3 is 5.97 Å². The first-order valence-electron chi connectivity index (χ1n) is 9.80. The van der Waals surface area contributed by atoms with Crippen LogP contribution in [0.1, 0.15) is 20.7 Å². The van der Waals surface area contributed by atoms with E-state index in [-0.39, 0.29) is 21.7 Å². The average molecular weight is 471 g/mol. The number of sulfonamides is 1. The number of anilines is 1. The molecule has 0 amide bonds. The Kier molecular flexibility index (Phi) is 6.27. The first kappa shape index (κ1) is 22.3. The lowest BCUT2D eigenvalue weighted by Crippen LogP contribution is -2.18. The van der Waals surface area contributed by atoms with Gasteiger partial charge in [0.15, 0.2) is 23.9 Å². The highest BCUT2D eigenvalue weighted by atomic mass is 32.2. The molecule has 1 N–H and O–H groups in total. The van der Waals surface area contributed by atoms with Crippen molar-refractivity contribution in [2.24, 2.45) is 0 Å². The van der Waals surface area contributed by atoms with Crippen LogP contribution < -0.4 is 14.2 Å². The fourth-order valence-corrected chi connectivity index (χ4v) is 4.14. The molecule has 0 aromatic heterocycles. The van der Waals surface area contributed by atoms with Gasteiger partial charge in [-0.05, 0) is 60.7 Å². The molecule has 0 aliphatic carbocycles. The molecule has 3 aromatic carbocycles. The van der Waals surface area contributed by atoms with Crippen molar-refractivity contribution < 1.29 is 36.6 Å². The molecule has 4 rings (SSSR count). The van der Waals surface area contributed by atoms with Gasteiger partial charge in [-0.15, -0.1) is 0 Å². The lowest BCUT2D eigenvalue weighted by molar-refractivity contribution is 0.0474. The second-order valence-electron chi connectivity index (χ2n) is 7.00. The van der Waals surface area contributed by atoms with Crippen LogP contribution in [0, 0.1) is 5.82 Å². The number of rotatable bonds is 7. The van der Waals surface area contributed by atoms with Crippen LogP contribution >= 0.6 is 0 Å². The van der Waals surface area contributed by atoms with Crippen LogP contribution in [0.25, 0.3) is 0 Å². The molecule has 0 saturated carbocycles. The molecule has 10 heteroatoms. The Labute approximate surface area is 189 Å². The smallest absolute Gasteiger partial charge is 0.338 e. The Hall–Kier alpha value is -3.92. The first-order valence-corrected chi connectivity index (χ1v) is 11.3. The second-order valence-corrected chi connectivity index (χ2v) is 8.68. The van der Waals surface area contributed by atoms with Crippen molar-refractivity contribution in [1.82, 2.24) is 0 Å². The van der Waals surface area contributed by atoms with Crippen molar-refractivity contribution in [3.8, 4) is 11.5 Å². The summed E-state index contributed by atoms with van der Waals surface area (Å²) >= 11 is 0. The third-order valence-electron chi connectivity index (χ3n) is 4.67. The number of fused-ring (bicyclic) bond motifs is 1. The summed E-state index contributed by atoms with van der Waals surface area (Å²) in [7, 11) is -4.04. The van der Waals surface area contributed by atoms with E-state index in [2.05, 4.69) is 4.72 Å². The van der Waals surface area contributed by atoms with Crippen molar-refractivity contribution in [2.75, 3.05) is 24.5 Å². The van der Waals surface area contributed by atoms with Gasteiger partial charge in [0.25, 0.3) is 10.0 Å². The number of esters is 1. The van der Waals surface area contributed by atoms with Crippen molar-refractivity contribution in [3.63, 3.8) is 0 Å². The Balaban J connectivity index is 1.42. The second kappa shape index (κ2) is 9.29. The number of carbonyl (C=O) groups excluding carboxylic acids is 2. The van der Waals surface area contributed by atoms with E-state index in [0.717, 1.165) is 18.2 Å². The molecule has 1 heterocycles. The molecule has 1 aliphatic heterocycles. The van der Waals surface area contributed by atoms with E-state index < -0.39 is 34.2 Å². The third kappa shape index (κ3) is 5.29. The van der Waals surface area contributed by atoms with Gasteiger partial charge in [-0.25, -0.2) is 17.6 Å². The number of hydrogen-bond acceptors (Lipinski definition) is 7. The van der Waals surface area contributed by atoms with Crippen molar-refractivity contribution >= 4 is 27.5 Å². The summed E-state index contributed by atoms with van der Waals surface area (Å²) in [4.78, 5) is 24.6. The van der Waals surface area contributed by atoms with Gasteiger partial charge in [0, 0.05) is 11.3 Å². The van der Waals surface area contributed by atoms with E-state index in [4.69, 9.17) is 14.2 Å². The maximum absolute atomic E-state index is 13.0. The molecule has 33 heavy (non-hydrogen) atoms. The molecular formula is C23H18FNO7S. The quantitative estimate of drug-likeness (QED) is 0.415. The zero-order chi connectivity index (χ0) is 23.4. The maximum Gasteiger partial charge on any atom is 0.338 e. The third-order valence-corrected chi connectivity index (χ3v) is 6.05. The summed E-state index contributed by atoms with van der Waals surface area (Å²) in [6.07, 6.45) is 0. The molecule has 0 fully saturated rings. The summed E-state index contributed by atoms with van der Waals surface area (Å²) in [6.45, 7) is 0.254. The zero-order valence-corrected chi connectivity index (χ0v) is 17.9.